The fourth-order valence-corrected chi connectivity index (χ4v) is 4.62. The number of fused-ring (bicyclic) bond motifs is 1. The second-order valence-corrected chi connectivity index (χ2v) is 7.66. The number of hydrogen-bond donors (Lipinski definition) is 0. The second-order valence-electron chi connectivity index (χ2n) is 5.79. The molecule has 4 rings (SSSR count). The molecule has 0 spiro atoms. The van der Waals surface area contributed by atoms with E-state index in [2.05, 4.69) is 9.97 Å². The van der Waals surface area contributed by atoms with Gasteiger partial charge in [0.1, 0.15) is 5.01 Å². The van der Waals surface area contributed by atoms with Crippen molar-refractivity contribution in [3.63, 3.8) is 0 Å². The van der Waals surface area contributed by atoms with Crippen molar-refractivity contribution in [1.29, 1.82) is 0 Å². The molecule has 26 heavy (non-hydrogen) atoms. The van der Waals surface area contributed by atoms with E-state index < -0.39 is 0 Å². The summed E-state index contributed by atoms with van der Waals surface area (Å²) in [5.41, 5.74) is 2.81. The maximum Gasteiger partial charge on any atom is 0.234 e. The Morgan fingerprint density at radius 1 is 1.04 bits per heavy atom. The molecule has 0 bridgehead atoms. The van der Waals surface area contributed by atoms with Gasteiger partial charge in [-0.2, -0.15) is 0 Å². The van der Waals surface area contributed by atoms with Gasteiger partial charge in [-0.1, -0.05) is 53.8 Å². The number of aromatic nitrogens is 2. The molecule has 0 aliphatic heterocycles. The van der Waals surface area contributed by atoms with Gasteiger partial charge in [0.25, 0.3) is 0 Å². The van der Waals surface area contributed by atoms with E-state index in [0.717, 1.165) is 31.6 Å². The fourth-order valence-electron chi connectivity index (χ4n) is 2.75. The smallest absolute Gasteiger partial charge is 0.234 e. The number of nitrogens with zero attached hydrogens (tertiary/aromatic N) is 3. The lowest BCUT2D eigenvalue weighted by molar-refractivity contribution is -0.118. The number of rotatable bonds is 5. The number of amides is 1. The Kier molecular flexibility index (Phi) is 4.77. The summed E-state index contributed by atoms with van der Waals surface area (Å²) in [5, 5.41) is 3.65. The van der Waals surface area contributed by atoms with Gasteiger partial charge >= 0.3 is 0 Å². The third kappa shape index (κ3) is 3.38. The van der Waals surface area contributed by atoms with Crippen molar-refractivity contribution in [2.24, 2.45) is 0 Å². The van der Waals surface area contributed by atoms with Crippen LogP contribution in [0.4, 0.5) is 5.13 Å². The first-order valence-corrected chi connectivity index (χ1v) is 10.1. The van der Waals surface area contributed by atoms with Crippen LogP contribution in [0.25, 0.3) is 20.8 Å². The van der Waals surface area contributed by atoms with Gasteiger partial charge in [-0.15, -0.1) is 11.3 Å². The van der Waals surface area contributed by atoms with Crippen molar-refractivity contribution in [2.75, 3.05) is 11.4 Å². The predicted octanol–water partition coefficient (Wildman–Crippen LogP) is 5.02. The zero-order valence-electron chi connectivity index (χ0n) is 14.3. The largest absolute Gasteiger partial charge is 0.288 e. The normalized spacial score (nSPS) is 11.0. The minimum atomic E-state index is 0.0245. The number of para-hydroxylation sites is 1. The Balaban J connectivity index is 1.54. The molecule has 0 atom stereocenters. The number of carbonyl (C=O) groups excluding carboxylic acids is 1. The van der Waals surface area contributed by atoms with E-state index in [1.807, 2.05) is 66.9 Å². The molecular weight excluding hydrogens is 362 g/mol. The van der Waals surface area contributed by atoms with Crippen LogP contribution < -0.4 is 4.90 Å². The van der Waals surface area contributed by atoms with Gasteiger partial charge in [-0.05, 0) is 19.1 Å². The molecule has 2 aromatic carbocycles. The number of anilines is 1. The minimum Gasteiger partial charge on any atom is -0.288 e. The summed E-state index contributed by atoms with van der Waals surface area (Å²) < 4.78 is 1.09. The van der Waals surface area contributed by atoms with Crippen LogP contribution in [0.1, 0.15) is 12.6 Å². The molecule has 6 heteroatoms. The molecule has 0 aliphatic carbocycles. The van der Waals surface area contributed by atoms with Crippen molar-refractivity contribution in [3.8, 4) is 10.6 Å². The molecule has 0 radical (unpaired) electrons. The number of likely N-dealkylation sites (N-methyl/N-ethyl adjacent to an activating group) is 1. The SMILES string of the molecule is CCN(C(=O)Cc1csc(-c2ccccc2)n1)c1nc2ccccc2s1. The molecular formula is C20H17N3OS2. The van der Waals surface area contributed by atoms with Crippen LogP contribution in [0.3, 0.4) is 0 Å². The van der Waals surface area contributed by atoms with E-state index in [9.17, 15) is 4.79 Å². The standard InChI is InChI=1S/C20H17N3OS2/c1-2-23(20-22-16-10-6-7-11-17(16)26-20)18(24)12-15-13-25-19(21-15)14-8-4-3-5-9-14/h3-11,13H,2,12H2,1H3. The highest BCUT2D eigenvalue weighted by Crippen LogP contribution is 2.29. The molecule has 0 fully saturated rings. The van der Waals surface area contributed by atoms with Gasteiger partial charge in [0.2, 0.25) is 5.91 Å². The van der Waals surface area contributed by atoms with Crippen LogP contribution in [-0.2, 0) is 11.2 Å². The van der Waals surface area contributed by atoms with Crippen LogP contribution in [0, 0.1) is 0 Å². The average Bonchev–Trinajstić information content (AvgIpc) is 3.30. The number of hydrogen-bond acceptors (Lipinski definition) is 5. The Hall–Kier alpha value is -2.57. The monoisotopic (exact) mass is 379 g/mol. The van der Waals surface area contributed by atoms with Gasteiger partial charge < -0.3 is 0 Å². The summed E-state index contributed by atoms with van der Waals surface area (Å²) in [7, 11) is 0. The summed E-state index contributed by atoms with van der Waals surface area (Å²) >= 11 is 3.12. The molecule has 1 amide bonds. The fraction of sp³-hybridized carbons (Fsp3) is 0.150. The maximum atomic E-state index is 12.8. The van der Waals surface area contributed by atoms with Gasteiger partial charge in [0.15, 0.2) is 5.13 Å². The average molecular weight is 380 g/mol. The van der Waals surface area contributed by atoms with E-state index in [1.165, 1.54) is 0 Å². The molecule has 0 saturated carbocycles. The van der Waals surface area contributed by atoms with Gasteiger partial charge in [0, 0.05) is 17.5 Å². The van der Waals surface area contributed by atoms with Crippen molar-refractivity contribution in [2.45, 2.75) is 13.3 Å². The predicted molar refractivity (Wildman–Crippen MR) is 109 cm³/mol. The molecule has 4 aromatic rings. The Morgan fingerprint density at radius 2 is 1.81 bits per heavy atom. The first-order chi connectivity index (χ1) is 12.7. The van der Waals surface area contributed by atoms with Crippen molar-refractivity contribution < 1.29 is 4.79 Å². The lowest BCUT2D eigenvalue weighted by atomic mass is 10.2. The first-order valence-electron chi connectivity index (χ1n) is 8.40. The highest BCUT2D eigenvalue weighted by atomic mass is 32.1. The third-order valence-electron chi connectivity index (χ3n) is 4.04. The van der Waals surface area contributed by atoms with E-state index >= 15 is 0 Å². The van der Waals surface area contributed by atoms with Gasteiger partial charge in [0.05, 0.1) is 22.3 Å². The number of benzene rings is 2. The highest BCUT2D eigenvalue weighted by molar-refractivity contribution is 7.22. The summed E-state index contributed by atoms with van der Waals surface area (Å²) in [6.45, 7) is 2.56. The van der Waals surface area contributed by atoms with Gasteiger partial charge in [-0.25, -0.2) is 9.97 Å². The van der Waals surface area contributed by atoms with Crippen molar-refractivity contribution >= 4 is 43.9 Å². The molecule has 2 heterocycles. The Bertz CT molecular complexity index is 1010. The molecule has 0 aliphatic rings. The Labute approximate surface area is 159 Å². The molecule has 130 valence electrons. The molecule has 2 aromatic heterocycles. The van der Waals surface area contributed by atoms with Crippen LogP contribution >= 0.6 is 22.7 Å². The summed E-state index contributed by atoms with van der Waals surface area (Å²) in [4.78, 5) is 23.8. The molecule has 0 N–H and O–H groups in total. The van der Waals surface area contributed by atoms with Gasteiger partial charge in [-0.3, -0.25) is 9.69 Å². The summed E-state index contributed by atoms with van der Waals surface area (Å²) in [5.74, 6) is 0.0245. The zero-order chi connectivity index (χ0) is 17.9. The number of carbonyl (C=O) groups is 1. The van der Waals surface area contributed by atoms with Crippen LogP contribution in [0.5, 0.6) is 0 Å². The van der Waals surface area contributed by atoms with E-state index in [4.69, 9.17) is 0 Å². The van der Waals surface area contributed by atoms with E-state index in [1.54, 1.807) is 27.6 Å². The zero-order valence-corrected chi connectivity index (χ0v) is 15.9. The molecule has 0 unspecified atom stereocenters. The quantitative estimate of drug-likeness (QED) is 0.489. The summed E-state index contributed by atoms with van der Waals surface area (Å²) in [6.07, 6.45) is 0.285. The first kappa shape index (κ1) is 16.9. The molecule has 4 nitrogen and oxygen atoms in total. The lowest BCUT2D eigenvalue weighted by Crippen LogP contribution is -2.31. The minimum absolute atomic E-state index is 0.0245. The molecule has 0 saturated heterocycles. The topological polar surface area (TPSA) is 46.1 Å². The third-order valence-corrected chi connectivity index (χ3v) is 6.04. The highest BCUT2D eigenvalue weighted by Gasteiger charge is 2.19. The second kappa shape index (κ2) is 7.35. The van der Waals surface area contributed by atoms with Crippen molar-refractivity contribution in [1.82, 2.24) is 9.97 Å². The van der Waals surface area contributed by atoms with E-state index in [0.29, 0.717) is 6.54 Å². The van der Waals surface area contributed by atoms with Crippen LogP contribution in [-0.4, -0.2) is 22.4 Å². The maximum absolute atomic E-state index is 12.8. The van der Waals surface area contributed by atoms with Crippen LogP contribution in [0.15, 0.2) is 60.0 Å². The Morgan fingerprint density at radius 3 is 2.58 bits per heavy atom. The summed E-state index contributed by atoms with van der Waals surface area (Å²) in [6, 6.07) is 18.0. The number of thiazole rings is 2. The van der Waals surface area contributed by atoms with Crippen molar-refractivity contribution in [3.05, 3.63) is 65.7 Å². The van der Waals surface area contributed by atoms with Crippen LogP contribution in [0.2, 0.25) is 0 Å². The lowest BCUT2D eigenvalue weighted by Gasteiger charge is -2.16. The van der Waals surface area contributed by atoms with E-state index in [-0.39, 0.29) is 12.3 Å².